The van der Waals surface area contributed by atoms with Gasteiger partial charge in [0.2, 0.25) is 23.0 Å². The number of aromatic nitrogens is 2. The zero-order chi connectivity index (χ0) is 33.7. The van der Waals surface area contributed by atoms with E-state index in [-0.39, 0.29) is 29.7 Å². The topological polar surface area (TPSA) is 133 Å². The van der Waals surface area contributed by atoms with Crippen LogP contribution in [0.25, 0.3) is 22.2 Å². The summed E-state index contributed by atoms with van der Waals surface area (Å²) in [5, 5.41) is 9.23. The van der Waals surface area contributed by atoms with E-state index >= 15 is 0 Å². The van der Waals surface area contributed by atoms with Crippen LogP contribution in [-0.2, 0) is 22.6 Å². The van der Waals surface area contributed by atoms with Gasteiger partial charge in [0, 0.05) is 31.5 Å². The van der Waals surface area contributed by atoms with Gasteiger partial charge in [-0.3, -0.25) is 14.4 Å². The van der Waals surface area contributed by atoms with E-state index in [0.29, 0.717) is 60.9 Å². The number of nitrogens with zero attached hydrogens (tertiary/aromatic N) is 2. The van der Waals surface area contributed by atoms with Crippen LogP contribution in [-0.4, -0.2) is 49.2 Å². The van der Waals surface area contributed by atoms with Crippen LogP contribution in [0.2, 0.25) is 0 Å². The van der Waals surface area contributed by atoms with Crippen molar-refractivity contribution in [3.63, 3.8) is 0 Å². The van der Waals surface area contributed by atoms with Gasteiger partial charge in [0.15, 0.2) is 11.5 Å². The normalized spacial score (nSPS) is 13.7. The van der Waals surface area contributed by atoms with Gasteiger partial charge < -0.3 is 34.7 Å². The van der Waals surface area contributed by atoms with Gasteiger partial charge in [-0.25, -0.2) is 4.98 Å². The van der Waals surface area contributed by atoms with Crippen LogP contribution in [0.15, 0.2) is 53.3 Å². The van der Waals surface area contributed by atoms with Crippen LogP contribution in [0.1, 0.15) is 69.1 Å². The van der Waals surface area contributed by atoms with Gasteiger partial charge in [-0.1, -0.05) is 18.2 Å². The van der Waals surface area contributed by atoms with Crippen molar-refractivity contribution in [2.24, 2.45) is 0 Å². The summed E-state index contributed by atoms with van der Waals surface area (Å²) in [6, 6.07) is 14.9. The van der Waals surface area contributed by atoms with Crippen molar-refractivity contribution in [1.82, 2.24) is 20.2 Å². The van der Waals surface area contributed by atoms with Crippen LogP contribution < -0.4 is 35.6 Å². The lowest BCUT2D eigenvalue weighted by atomic mass is 9.95. The number of imidazole rings is 1. The Morgan fingerprint density at radius 1 is 1.02 bits per heavy atom. The number of ether oxygens (including phenoxy) is 3. The average molecular weight is 642 g/mol. The summed E-state index contributed by atoms with van der Waals surface area (Å²) in [7, 11) is 4.69. The SMILES string of the molecule is COc1cc2c(c(OC)c1OC)-c1ccc(NCCCC(=O)NCc3nc4ccccc4n3C(C)C)c(=O)cc1[C@@H](NC(C)=O)CC2. The lowest BCUT2D eigenvalue weighted by molar-refractivity contribution is -0.121. The zero-order valence-electron chi connectivity index (χ0n) is 27.9. The van der Waals surface area contributed by atoms with Crippen LogP contribution in [0.5, 0.6) is 17.2 Å². The third-order valence-corrected chi connectivity index (χ3v) is 8.44. The lowest BCUT2D eigenvalue weighted by Crippen LogP contribution is -2.26. The maximum atomic E-state index is 13.5. The molecule has 3 aromatic carbocycles. The molecule has 2 amide bonds. The lowest BCUT2D eigenvalue weighted by Gasteiger charge is -2.19. The van der Waals surface area contributed by atoms with Gasteiger partial charge in [0.05, 0.1) is 50.6 Å². The van der Waals surface area contributed by atoms with Gasteiger partial charge >= 0.3 is 0 Å². The van der Waals surface area contributed by atoms with E-state index in [4.69, 9.17) is 19.2 Å². The van der Waals surface area contributed by atoms with Crippen molar-refractivity contribution in [3.05, 3.63) is 75.7 Å². The number of amides is 2. The van der Waals surface area contributed by atoms with E-state index in [2.05, 4.69) is 34.4 Å². The zero-order valence-corrected chi connectivity index (χ0v) is 27.9. The Morgan fingerprint density at radius 2 is 1.79 bits per heavy atom. The standard InChI is InChI=1S/C36H43N5O6/c1-21(2)41-29-11-8-7-10-27(29)40-32(41)20-38-33(44)12-9-17-37-28-16-14-24-25(19-30(28)43)26(39-22(3)42)15-13-23-18-31(45-4)35(46-5)36(47-6)34(23)24/h7-8,10-11,14,16,18-19,21,26H,9,12-13,15,17,20H2,1-6H3,(H,37,43)(H,38,44)(H,39,42)/t26-/m0/s1. The maximum absolute atomic E-state index is 13.5. The molecule has 0 radical (unpaired) electrons. The first kappa shape index (κ1) is 33.3. The summed E-state index contributed by atoms with van der Waals surface area (Å²) in [5.74, 6) is 2.02. The number of para-hydroxylation sites is 2. The highest BCUT2D eigenvalue weighted by molar-refractivity contribution is 5.84. The molecule has 0 aliphatic heterocycles. The van der Waals surface area contributed by atoms with Gasteiger partial charge in [-0.15, -0.1) is 0 Å². The molecule has 5 rings (SSSR count). The van der Waals surface area contributed by atoms with Crippen molar-refractivity contribution in [1.29, 1.82) is 0 Å². The fourth-order valence-corrected chi connectivity index (χ4v) is 6.39. The number of carbonyl (C=O) groups excluding carboxylic acids is 2. The number of methoxy groups -OCH3 is 3. The quantitative estimate of drug-likeness (QED) is 0.178. The molecule has 0 saturated carbocycles. The number of carbonyl (C=O) groups is 2. The minimum absolute atomic E-state index is 0.0898. The van der Waals surface area contributed by atoms with Gasteiger partial charge in [0.25, 0.3) is 0 Å². The summed E-state index contributed by atoms with van der Waals surface area (Å²) >= 11 is 0. The number of hydrogen-bond acceptors (Lipinski definition) is 8. The third kappa shape index (κ3) is 7.03. The molecule has 0 unspecified atom stereocenters. The molecule has 1 aliphatic carbocycles. The second-order valence-corrected chi connectivity index (χ2v) is 11.9. The Hall–Kier alpha value is -5.06. The highest BCUT2D eigenvalue weighted by atomic mass is 16.5. The molecule has 0 bridgehead atoms. The van der Waals surface area contributed by atoms with Crippen LogP contribution in [0.3, 0.4) is 0 Å². The highest BCUT2D eigenvalue weighted by Crippen LogP contribution is 2.50. The largest absolute Gasteiger partial charge is 0.493 e. The Kier molecular flexibility index (Phi) is 10.3. The summed E-state index contributed by atoms with van der Waals surface area (Å²) in [5.41, 5.74) is 5.31. The molecular weight excluding hydrogens is 598 g/mol. The number of rotatable bonds is 12. The maximum Gasteiger partial charge on any atom is 0.220 e. The number of aryl methyl sites for hydroxylation is 1. The minimum atomic E-state index is -0.392. The Morgan fingerprint density at radius 3 is 2.49 bits per heavy atom. The van der Waals surface area contributed by atoms with Crippen molar-refractivity contribution in [2.75, 3.05) is 33.2 Å². The first-order valence-electron chi connectivity index (χ1n) is 15.9. The van der Waals surface area contributed by atoms with E-state index in [0.717, 1.165) is 33.5 Å². The van der Waals surface area contributed by atoms with E-state index in [1.165, 1.54) is 6.92 Å². The molecule has 1 aromatic heterocycles. The van der Waals surface area contributed by atoms with Gasteiger partial charge in [0.1, 0.15) is 5.82 Å². The molecule has 248 valence electrons. The smallest absolute Gasteiger partial charge is 0.220 e. The molecule has 11 heteroatoms. The number of hydrogen-bond donors (Lipinski definition) is 3. The van der Waals surface area contributed by atoms with Crippen molar-refractivity contribution in [3.8, 4) is 28.4 Å². The molecule has 11 nitrogen and oxygen atoms in total. The van der Waals surface area contributed by atoms with Gasteiger partial charge in [-0.2, -0.15) is 0 Å². The first-order chi connectivity index (χ1) is 22.7. The van der Waals surface area contributed by atoms with Crippen molar-refractivity contribution < 1.29 is 23.8 Å². The summed E-state index contributed by atoms with van der Waals surface area (Å²) < 4.78 is 19.3. The molecule has 4 aromatic rings. The summed E-state index contributed by atoms with van der Waals surface area (Å²) in [6.07, 6.45) is 2.00. The fourth-order valence-electron chi connectivity index (χ4n) is 6.39. The molecule has 3 N–H and O–H groups in total. The van der Waals surface area contributed by atoms with Crippen LogP contribution in [0.4, 0.5) is 5.69 Å². The Balaban J connectivity index is 1.33. The first-order valence-corrected chi connectivity index (χ1v) is 15.9. The number of benzene rings is 2. The highest BCUT2D eigenvalue weighted by Gasteiger charge is 2.29. The van der Waals surface area contributed by atoms with Crippen LogP contribution in [0, 0.1) is 0 Å². The van der Waals surface area contributed by atoms with Crippen LogP contribution >= 0.6 is 0 Å². The monoisotopic (exact) mass is 641 g/mol. The molecular formula is C36H43N5O6. The van der Waals surface area contributed by atoms with Crippen molar-refractivity contribution >= 4 is 28.5 Å². The van der Waals surface area contributed by atoms with Crippen molar-refractivity contribution in [2.45, 2.75) is 65.1 Å². The Bertz CT molecular complexity index is 1850. The van der Waals surface area contributed by atoms with E-state index in [9.17, 15) is 14.4 Å². The fraction of sp³-hybridized carbons (Fsp3) is 0.389. The molecule has 1 atom stereocenters. The van der Waals surface area contributed by atoms with Gasteiger partial charge in [-0.05, 0) is 80.1 Å². The molecule has 1 heterocycles. The second-order valence-electron chi connectivity index (χ2n) is 11.9. The predicted octanol–water partition coefficient (Wildman–Crippen LogP) is 5.30. The second kappa shape index (κ2) is 14.6. The molecule has 0 spiro atoms. The van der Waals surface area contributed by atoms with E-state index in [1.54, 1.807) is 33.5 Å². The molecule has 0 fully saturated rings. The third-order valence-electron chi connectivity index (χ3n) is 8.44. The number of fused-ring (bicyclic) bond motifs is 4. The van der Waals surface area contributed by atoms with E-state index < -0.39 is 6.04 Å². The Labute approximate surface area is 274 Å². The summed E-state index contributed by atoms with van der Waals surface area (Å²) in [4.78, 5) is 43.2. The predicted molar refractivity (Wildman–Crippen MR) is 182 cm³/mol. The number of nitrogens with one attached hydrogen (secondary N) is 3. The molecule has 0 saturated heterocycles. The average Bonchev–Trinajstić information content (AvgIpc) is 3.28. The number of anilines is 1. The summed E-state index contributed by atoms with van der Waals surface area (Å²) in [6.45, 7) is 6.41. The molecule has 1 aliphatic rings. The minimum Gasteiger partial charge on any atom is -0.493 e. The molecule has 47 heavy (non-hydrogen) atoms. The van der Waals surface area contributed by atoms with E-state index in [1.807, 2.05) is 36.4 Å².